The van der Waals surface area contributed by atoms with Gasteiger partial charge in [0, 0.05) is 27.3 Å². The molecule has 1 fully saturated rings. The average Bonchev–Trinajstić information content (AvgIpc) is 2.56. The Morgan fingerprint density at radius 1 is 1.21 bits per heavy atom. The van der Waals surface area contributed by atoms with Crippen LogP contribution in [0.25, 0.3) is 0 Å². The van der Waals surface area contributed by atoms with Crippen molar-refractivity contribution in [2.24, 2.45) is 10.4 Å². The summed E-state index contributed by atoms with van der Waals surface area (Å²) in [5, 5.41) is 6.78. The van der Waals surface area contributed by atoms with Crippen LogP contribution >= 0.6 is 0 Å². The predicted molar refractivity (Wildman–Crippen MR) is 98.8 cm³/mol. The molecule has 1 aromatic carbocycles. The van der Waals surface area contributed by atoms with Crippen molar-refractivity contribution in [2.75, 3.05) is 40.5 Å². The van der Waals surface area contributed by atoms with Gasteiger partial charge in [-0.3, -0.25) is 4.99 Å². The zero-order valence-corrected chi connectivity index (χ0v) is 15.2. The normalized spacial score (nSPS) is 16.4. The third-order valence-corrected chi connectivity index (χ3v) is 4.85. The lowest BCUT2D eigenvalue weighted by Gasteiger charge is -2.42. The highest BCUT2D eigenvalue weighted by Gasteiger charge is 2.36. The number of guanidine groups is 1. The Bertz CT molecular complexity index is 527. The maximum absolute atomic E-state index is 5.80. The summed E-state index contributed by atoms with van der Waals surface area (Å²) in [6.45, 7) is 5.17. The van der Waals surface area contributed by atoms with Crippen LogP contribution in [0.5, 0.6) is 5.75 Å². The molecule has 1 aromatic rings. The average molecular weight is 333 g/mol. The minimum atomic E-state index is 0.380. The van der Waals surface area contributed by atoms with Gasteiger partial charge in [0.05, 0.1) is 6.54 Å². The van der Waals surface area contributed by atoms with Crippen molar-refractivity contribution in [3.8, 4) is 5.75 Å². The maximum Gasteiger partial charge on any atom is 0.191 e. The third kappa shape index (κ3) is 5.41. The first-order valence-corrected chi connectivity index (χ1v) is 8.81. The number of nitrogens with one attached hydrogen (secondary N) is 2. The lowest BCUT2D eigenvalue weighted by molar-refractivity contribution is 0.0732. The number of benzene rings is 1. The minimum absolute atomic E-state index is 0.380. The van der Waals surface area contributed by atoms with Crippen LogP contribution in [0.15, 0.2) is 29.3 Å². The summed E-state index contributed by atoms with van der Waals surface area (Å²) in [5.41, 5.74) is 1.54. The van der Waals surface area contributed by atoms with E-state index in [1.54, 1.807) is 14.2 Å². The Balaban J connectivity index is 1.68. The maximum atomic E-state index is 5.80. The molecule has 1 aliphatic rings. The van der Waals surface area contributed by atoms with Gasteiger partial charge in [-0.05, 0) is 43.2 Å². The number of rotatable bonds is 9. The number of hydrogen-bond donors (Lipinski definition) is 2. The molecular formula is C19H31N3O2. The standard InChI is InChI=1S/C19H31N3O2/c1-16-7-4-5-8-17(16)24-14-12-21-18(20-2)22-15-19(9-6-10-19)11-13-23-3/h4-5,7-8H,6,9-15H2,1-3H3,(H2,20,21,22). The molecule has 0 saturated heterocycles. The van der Waals surface area contributed by atoms with Crippen molar-refractivity contribution in [2.45, 2.75) is 32.6 Å². The molecule has 2 N–H and O–H groups in total. The number of aliphatic imine (C=N–C) groups is 1. The Hall–Kier alpha value is -1.75. The molecule has 0 spiro atoms. The second kappa shape index (κ2) is 9.52. The third-order valence-electron chi connectivity index (χ3n) is 4.85. The van der Waals surface area contributed by atoms with E-state index in [9.17, 15) is 0 Å². The van der Waals surface area contributed by atoms with Gasteiger partial charge in [-0.25, -0.2) is 0 Å². The first-order chi connectivity index (χ1) is 11.7. The number of ether oxygens (including phenoxy) is 2. The number of hydrogen-bond acceptors (Lipinski definition) is 3. The lowest BCUT2D eigenvalue weighted by atomic mass is 9.67. The SMILES string of the molecule is CN=C(NCCOc1ccccc1C)NCC1(CCOC)CCC1. The smallest absolute Gasteiger partial charge is 0.191 e. The molecule has 0 radical (unpaired) electrons. The Labute approximate surface area is 145 Å². The number of aryl methyl sites for hydroxylation is 1. The second-order valence-electron chi connectivity index (χ2n) is 6.56. The predicted octanol–water partition coefficient (Wildman–Crippen LogP) is 2.75. The molecular weight excluding hydrogens is 302 g/mol. The molecule has 2 rings (SSSR count). The van der Waals surface area contributed by atoms with E-state index in [1.165, 1.54) is 19.3 Å². The van der Waals surface area contributed by atoms with Crippen LogP contribution in [-0.2, 0) is 4.74 Å². The van der Waals surface area contributed by atoms with E-state index in [1.807, 2.05) is 18.2 Å². The van der Waals surface area contributed by atoms with Crippen LogP contribution < -0.4 is 15.4 Å². The largest absolute Gasteiger partial charge is 0.491 e. The summed E-state index contributed by atoms with van der Waals surface area (Å²) < 4.78 is 11.0. The minimum Gasteiger partial charge on any atom is -0.491 e. The van der Waals surface area contributed by atoms with Gasteiger partial charge in [0.25, 0.3) is 0 Å². The van der Waals surface area contributed by atoms with Crippen molar-refractivity contribution in [3.05, 3.63) is 29.8 Å². The fraction of sp³-hybridized carbons (Fsp3) is 0.632. The van der Waals surface area contributed by atoms with E-state index in [-0.39, 0.29) is 0 Å². The summed E-state index contributed by atoms with van der Waals surface area (Å²) in [6.07, 6.45) is 4.99. The van der Waals surface area contributed by atoms with E-state index >= 15 is 0 Å². The first kappa shape index (κ1) is 18.6. The van der Waals surface area contributed by atoms with Crippen molar-refractivity contribution in [3.63, 3.8) is 0 Å². The fourth-order valence-corrected chi connectivity index (χ4v) is 3.05. The van der Waals surface area contributed by atoms with E-state index < -0.39 is 0 Å². The van der Waals surface area contributed by atoms with E-state index in [0.29, 0.717) is 12.0 Å². The highest BCUT2D eigenvalue weighted by atomic mass is 16.5. The summed E-state index contributed by atoms with van der Waals surface area (Å²) in [5.74, 6) is 1.78. The number of nitrogens with zero attached hydrogens (tertiary/aromatic N) is 1. The molecule has 0 unspecified atom stereocenters. The molecule has 0 amide bonds. The summed E-state index contributed by atoms with van der Waals surface area (Å²) in [6, 6.07) is 8.07. The van der Waals surface area contributed by atoms with E-state index in [4.69, 9.17) is 9.47 Å². The molecule has 1 saturated carbocycles. The molecule has 0 aromatic heterocycles. The monoisotopic (exact) mass is 333 g/mol. The van der Waals surface area contributed by atoms with Gasteiger partial charge in [-0.15, -0.1) is 0 Å². The van der Waals surface area contributed by atoms with Crippen LogP contribution in [0, 0.1) is 12.3 Å². The first-order valence-electron chi connectivity index (χ1n) is 8.81. The van der Waals surface area contributed by atoms with Crippen molar-refractivity contribution < 1.29 is 9.47 Å². The Kier molecular flexibility index (Phi) is 7.37. The summed E-state index contributed by atoms with van der Waals surface area (Å²) in [7, 11) is 3.58. The van der Waals surface area contributed by atoms with Gasteiger partial charge in [0.2, 0.25) is 0 Å². The summed E-state index contributed by atoms with van der Waals surface area (Å²) in [4.78, 5) is 4.30. The molecule has 5 heteroatoms. The van der Waals surface area contributed by atoms with Crippen LogP contribution in [-0.4, -0.2) is 46.4 Å². The molecule has 0 aliphatic heterocycles. The molecule has 0 atom stereocenters. The van der Waals surface area contributed by atoms with Crippen LogP contribution in [0.2, 0.25) is 0 Å². The number of para-hydroxylation sites is 1. The fourth-order valence-electron chi connectivity index (χ4n) is 3.05. The highest BCUT2D eigenvalue weighted by Crippen LogP contribution is 2.43. The van der Waals surface area contributed by atoms with Gasteiger partial charge in [0.1, 0.15) is 12.4 Å². The van der Waals surface area contributed by atoms with Gasteiger partial charge in [0.15, 0.2) is 5.96 Å². The zero-order chi connectivity index (χ0) is 17.3. The quantitative estimate of drug-likeness (QED) is 0.414. The van der Waals surface area contributed by atoms with Gasteiger partial charge >= 0.3 is 0 Å². The highest BCUT2D eigenvalue weighted by molar-refractivity contribution is 5.79. The molecule has 5 nitrogen and oxygen atoms in total. The molecule has 24 heavy (non-hydrogen) atoms. The lowest BCUT2D eigenvalue weighted by Crippen LogP contribution is -2.47. The zero-order valence-electron chi connectivity index (χ0n) is 15.2. The van der Waals surface area contributed by atoms with Gasteiger partial charge in [-0.1, -0.05) is 24.6 Å². The van der Waals surface area contributed by atoms with Crippen molar-refractivity contribution in [1.82, 2.24) is 10.6 Å². The number of methoxy groups -OCH3 is 1. The van der Waals surface area contributed by atoms with Gasteiger partial charge in [-0.2, -0.15) is 0 Å². The molecule has 0 bridgehead atoms. The van der Waals surface area contributed by atoms with Crippen molar-refractivity contribution in [1.29, 1.82) is 0 Å². The van der Waals surface area contributed by atoms with Crippen LogP contribution in [0.4, 0.5) is 0 Å². The molecule has 0 heterocycles. The van der Waals surface area contributed by atoms with Crippen molar-refractivity contribution >= 4 is 5.96 Å². The van der Waals surface area contributed by atoms with Crippen LogP contribution in [0.3, 0.4) is 0 Å². The molecule has 134 valence electrons. The van der Waals surface area contributed by atoms with Gasteiger partial charge < -0.3 is 20.1 Å². The second-order valence-corrected chi connectivity index (χ2v) is 6.56. The Morgan fingerprint density at radius 2 is 2.00 bits per heavy atom. The molecule has 1 aliphatic carbocycles. The van der Waals surface area contributed by atoms with E-state index in [2.05, 4.69) is 28.6 Å². The van der Waals surface area contributed by atoms with E-state index in [0.717, 1.165) is 43.4 Å². The Morgan fingerprint density at radius 3 is 2.62 bits per heavy atom. The van der Waals surface area contributed by atoms with Crippen LogP contribution in [0.1, 0.15) is 31.2 Å². The summed E-state index contributed by atoms with van der Waals surface area (Å²) >= 11 is 0. The topological polar surface area (TPSA) is 54.9 Å².